The van der Waals surface area contributed by atoms with Crippen LogP contribution in [-0.4, -0.2) is 74.4 Å². The molecule has 184 valence electrons. The SMILES string of the molecule is C/C=C\C(=C/C)CNC1=C2C=NC([C@@H]3O[C@H](COP(=O)(O)CP(=O)(O)O)C[C@H]3O)N2C=CN1. The van der Waals surface area contributed by atoms with E-state index >= 15 is 0 Å². The van der Waals surface area contributed by atoms with Gasteiger partial charge in [0.2, 0.25) is 0 Å². The van der Waals surface area contributed by atoms with Gasteiger partial charge in [-0.05, 0) is 19.4 Å². The van der Waals surface area contributed by atoms with Crippen LogP contribution >= 0.6 is 15.2 Å². The molecular formula is C19H30N4O8P2. The second-order valence-electron chi connectivity index (χ2n) is 7.80. The Morgan fingerprint density at radius 3 is 2.82 bits per heavy atom. The molecule has 0 bridgehead atoms. The second kappa shape index (κ2) is 10.7. The van der Waals surface area contributed by atoms with Crippen LogP contribution in [0.1, 0.15) is 20.3 Å². The Hall–Kier alpha value is -1.75. The number of nitrogens with zero attached hydrogens (tertiary/aromatic N) is 2. The molecule has 3 rings (SSSR count). The molecule has 1 fully saturated rings. The number of allylic oxidation sites excluding steroid dienone is 3. The van der Waals surface area contributed by atoms with Crippen molar-refractivity contribution in [2.75, 3.05) is 19.1 Å². The van der Waals surface area contributed by atoms with Crippen LogP contribution in [-0.2, 0) is 18.4 Å². The van der Waals surface area contributed by atoms with Gasteiger partial charge in [-0.3, -0.25) is 14.1 Å². The molecule has 0 radical (unpaired) electrons. The number of fused-ring (bicyclic) bond motifs is 1. The summed E-state index contributed by atoms with van der Waals surface area (Å²) >= 11 is 0. The lowest BCUT2D eigenvalue weighted by molar-refractivity contribution is -0.0364. The highest BCUT2D eigenvalue weighted by Crippen LogP contribution is 2.55. The molecule has 0 aromatic heterocycles. The van der Waals surface area contributed by atoms with E-state index in [0.29, 0.717) is 6.54 Å². The zero-order chi connectivity index (χ0) is 24.2. The highest BCUT2D eigenvalue weighted by Gasteiger charge is 2.45. The van der Waals surface area contributed by atoms with Crippen LogP contribution in [0.3, 0.4) is 0 Å². The number of aliphatic imine (C=N–C) groups is 1. The van der Waals surface area contributed by atoms with Gasteiger partial charge < -0.3 is 44.6 Å². The van der Waals surface area contributed by atoms with Crippen molar-refractivity contribution in [3.8, 4) is 0 Å². The third-order valence-corrected chi connectivity index (χ3v) is 8.66. The van der Waals surface area contributed by atoms with Gasteiger partial charge >= 0.3 is 15.2 Å². The van der Waals surface area contributed by atoms with Crippen LogP contribution in [0.4, 0.5) is 0 Å². The molecule has 5 atom stereocenters. The van der Waals surface area contributed by atoms with E-state index in [1.165, 1.54) is 0 Å². The summed E-state index contributed by atoms with van der Waals surface area (Å²) in [5, 5.41) is 17.0. The maximum atomic E-state index is 11.9. The monoisotopic (exact) mass is 504 g/mol. The largest absolute Gasteiger partial charge is 0.390 e. The molecule has 0 spiro atoms. The van der Waals surface area contributed by atoms with Crippen LogP contribution in [0, 0.1) is 0 Å². The fraction of sp³-hybridized carbons (Fsp3) is 0.526. The van der Waals surface area contributed by atoms with Gasteiger partial charge in [0.15, 0.2) is 12.1 Å². The summed E-state index contributed by atoms with van der Waals surface area (Å²) in [6.07, 6.45) is 8.38. The summed E-state index contributed by atoms with van der Waals surface area (Å²) in [5.74, 6) is -0.525. The number of hydrogen-bond acceptors (Lipinski definition) is 9. The Balaban J connectivity index is 1.62. The minimum atomic E-state index is -4.72. The summed E-state index contributed by atoms with van der Waals surface area (Å²) in [5.41, 5.74) is 1.88. The first-order valence-corrected chi connectivity index (χ1v) is 13.9. The van der Waals surface area contributed by atoms with Gasteiger partial charge in [0, 0.05) is 25.4 Å². The van der Waals surface area contributed by atoms with Gasteiger partial charge in [-0.2, -0.15) is 0 Å². The molecule has 0 amide bonds. The summed E-state index contributed by atoms with van der Waals surface area (Å²) in [7, 11) is -9.21. The Kier molecular flexibility index (Phi) is 8.36. The molecule has 3 aliphatic heterocycles. The van der Waals surface area contributed by atoms with Crippen LogP contribution in [0.25, 0.3) is 0 Å². The summed E-state index contributed by atoms with van der Waals surface area (Å²) in [6, 6.07) is 0. The van der Waals surface area contributed by atoms with E-state index in [1.54, 1.807) is 18.6 Å². The zero-order valence-electron chi connectivity index (χ0n) is 18.3. The number of hydrogen-bond donors (Lipinski definition) is 6. The van der Waals surface area contributed by atoms with E-state index in [4.69, 9.17) is 19.0 Å². The Morgan fingerprint density at radius 1 is 1.39 bits per heavy atom. The predicted octanol–water partition coefficient (Wildman–Crippen LogP) is 0.910. The first-order valence-electron chi connectivity index (χ1n) is 10.4. The highest BCUT2D eigenvalue weighted by molar-refractivity contribution is 7.70. The van der Waals surface area contributed by atoms with E-state index < -0.39 is 45.6 Å². The molecule has 12 nitrogen and oxygen atoms in total. The molecule has 3 heterocycles. The molecule has 1 saturated heterocycles. The molecule has 33 heavy (non-hydrogen) atoms. The molecule has 0 aliphatic carbocycles. The lowest BCUT2D eigenvalue weighted by Gasteiger charge is -2.32. The molecule has 3 aliphatic rings. The number of rotatable bonds is 10. The summed E-state index contributed by atoms with van der Waals surface area (Å²) in [6.45, 7) is 4.13. The molecule has 2 unspecified atom stereocenters. The number of aliphatic hydroxyl groups is 1. The fourth-order valence-electron chi connectivity index (χ4n) is 3.73. The van der Waals surface area contributed by atoms with E-state index in [9.17, 15) is 19.1 Å². The van der Waals surface area contributed by atoms with E-state index in [-0.39, 0.29) is 13.0 Å². The average molecular weight is 504 g/mol. The van der Waals surface area contributed by atoms with Crippen molar-refractivity contribution >= 4 is 21.4 Å². The van der Waals surface area contributed by atoms with Crippen LogP contribution in [0.15, 0.2) is 52.7 Å². The van der Waals surface area contributed by atoms with Gasteiger partial charge in [0.25, 0.3) is 0 Å². The van der Waals surface area contributed by atoms with Gasteiger partial charge in [0.05, 0.1) is 25.0 Å². The second-order valence-corrected chi connectivity index (χ2v) is 11.8. The third-order valence-electron chi connectivity index (χ3n) is 5.20. The maximum Gasteiger partial charge on any atom is 0.340 e. The lowest BCUT2D eigenvalue weighted by Crippen LogP contribution is -2.44. The minimum absolute atomic E-state index is 0.126. The van der Waals surface area contributed by atoms with Crippen LogP contribution in [0.2, 0.25) is 0 Å². The standard InChI is InChI=1S/C19H30N4O8P2/c1-3-5-13(4-2)9-21-18-15-10-22-19(23(15)7-6-20-18)17-16(24)8-14(31-17)11-30-33(28,29)12-32(25,26)27/h3-7,10,14,16-17,19-21,24H,8-9,11-12H2,1-2H3,(H,28,29)(H2,25,26,27)/b5-3-,13-4+/t14-,16+,17+,19?/m0/s1. The molecule has 14 heteroatoms. The zero-order valence-corrected chi connectivity index (χ0v) is 20.1. The topological polar surface area (TPSA) is 173 Å². The number of aliphatic hydroxyl groups excluding tert-OH is 1. The number of nitrogens with one attached hydrogen (secondary N) is 2. The first kappa shape index (κ1) is 25.9. The Bertz CT molecular complexity index is 973. The molecule has 0 aromatic rings. The van der Waals surface area contributed by atoms with Crippen molar-refractivity contribution in [2.24, 2.45) is 4.99 Å². The predicted molar refractivity (Wildman–Crippen MR) is 122 cm³/mol. The average Bonchev–Trinajstić information content (AvgIpc) is 3.31. The fourth-order valence-corrected chi connectivity index (χ4v) is 6.32. The van der Waals surface area contributed by atoms with Crippen molar-refractivity contribution in [3.05, 3.63) is 47.7 Å². The molecule has 6 N–H and O–H groups in total. The maximum absolute atomic E-state index is 11.9. The third kappa shape index (κ3) is 6.88. The van der Waals surface area contributed by atoms with Crippen molar-refractivity contribution in [1.82, 2.24) is 15.5 Å². The smallest absolute Gasteiger partial charge is 0.340 e. The van der Waals surface area contributed by atoms with E-state index in [0.717, 1.165) is 17.1 Å². The summed E-state index contributed by atoms with van der Waals surface area (Å²) in [4.78, 5) is 33.8. The molecular weight excluding hydrogens is 474 g/mol. The van der Waals surface area contributed by atoms with Gasteiger partial charge in [-0.1, -0.05) is 18.2 Å². The Morgan fingerprint density at radius 2 is 2.15 bits per heavy atom. The van der Waals surface area contributed by atoms with Gasteiger partial charge in [-0.25, -0.2) is 0 Å². The lowest BCUT2D eigenvalue weighted by atomic mass is 10.1. The molecule has 0 aromatic carbocycles. The Labute approximate surface area is 192 Å². The van der Waals surface area contributed by atoms with Crippen molar-refractivity contribution in [3.63, 3.8) is 0 Å². The quantitative estimate of drug-likeness (QED) is 0.184. The van der Waals surface area contributed by atoms with Crippen molar-refractivity contribution < 1.29 is 38.2 Å². The molecule has 0 saturated carbocycles. The van der Waals surface area contributed by atoms with Gasteiger partial charge in [0.1, 0.15) is 17.6 Å². The van der Waals surface area contributed by atoms with E-state index in [1.807, 2.05) is 37.0 Å². The van der Waals surface area contributed by atoms with Crippen molar-refractivity contribution in [1.29, 1.82) is 0 Å². The van der Waals surface area contributed by atoms with Gasteiger partial charge in [-0.15, -0.1) is 0 Å². The number of ether oxygens (including phenoxy) is 1. The normalized spacial score (nSPS) is 29.5. The highest BCUT2D eigenvalue weighted by atomic mass is 31.2. The van der Waals surface area contributed by atoms with E-state index in [2.05, 4.69) is 15.6 Å². The van der Waals surface area contributed by atoms with Crippen molar-refractivity contribution in [2.45, 2.75) is 44.7 Å². The first-order chi connectivity index (χ1) is 15.5. The minimum Gasteiger partial charge on any atom is -0.390 e. The summed E-state index contributed by atoms with van der Waals surface area (Å²) < 4.78 is 33.5. The van der Waals surface area contributed by atoms with Crippen LogP contribution < -0.4 is 10.6 Å². The van der Waals surface area contributed by atoms with Crippen LogP contribution in [0.5, 0.6) is 0 Å².